The Balaban J connectivity index is 1.73. The van der Waals surface area contributed by atoms with E-state index in [0.29, 0.717) is 17.1 Å². The Bertz CT molecular complexity index is 1470. The molecule has 0 aliphatic rings. The van der Waals surface area contributed by atoms with Crippen molar-refractivity contribution in [2.24, 2.45) is 0 Å². The number of nitrogens with two attached hydrogens (primary N) is 1. The second-order valence-corrected chi connectivity index (χ2v) is 8.45. The number of halogens is 1. The van der Waals surface area contributed by atoms with E-state index in [1.54, 1.807) is 19.2 Å². The summed E-state index contributed by atoms with van der Waals surface area (Å²) >= 11 is 0. The molecule has 2 aromatic carbocycles. The standard InChI is InChI=1S/C26H27FN6O3/c1-16-12-17(2)30-23(28)22(16)13-29-24-31-25(34)33(15-18-4-8-20(27)9-5-18)26(35)32(24)14-19-6-10-21(36-3)11-7-19/h4-12H,13-15H2,1-3H3,(H2,28,30)(H,29,31,34). The zero-order chi connectivity index (χ0) is 25.8. The highest BCUT2D eigenvalue weighted by Gasteiger charge is 2.16. The molecule has 186 valence electrons. The fraction of sp³-hybridized carbons (Fsp3) is 0.231. The van der Waals surface area contributed by atoms with Crippen LogP contribution in [-0.2, 0) is 19.6 Å². The maximum Gasteiger partial charge on any atom is 0.355 e. The summed E-state index contributed by atoms with van der Waals surface area (Å²) in [5, 5.41) is 3.10. The highest BCUT2D eigenvalue weighted by Crippen LogP contribution is 2.18. The number of ether oxygens (including phenoxy) is 1. The van der Waals surface area contributed by atoms with Crippen molar-refractivity contribution < 1.29 is 9.13 Å². The molecule has 0 saturated carbocycles. The minimum absolute atomic E-state index is 0.0399. The van der Waals surface area contributed by atoms with Gasteiger partial charge in [0.25, 0.3) is 0 Å². The van der Waals surface area contributed by atoms with Crippen molar-refractivity contribution in [2.75, 3.05) is 18.2 Å². The maximum atomic E-state index is 13.5. The summed E-state index contributed by atoms with van der Waals surface area (Å²) < 4.78 is 20.9. The molecule has 2 aromatic heterocycles. The average molecular weight is 491 g/mol. The lowest BCUT2D eigenvalue weighted by Crippen LogP contribution is -2.43. The summed E-state index contributed by atoms with van der Waals surface area (Å²) in [5.41, 5.74) is 8.73. The van der Waals surface area contributed by atoms with Gasteiger partial charge in [-0.15, -0.1) is 0 Å². The van der Waals surface area contributed by atoms with E-state index >= 15 is 0 Å². The fourth-order valence-electron chi connectivity index (χ4n) is 3.92. The Kier molecular flexibility index (Phi) is 7.14. The van der Waals surface area contributed by atoms with Crippen LogP contribution in [0.15, 0.2) is 64.2 Å². The molecule has 0 radical (unpaired) electrons. The molecule has 0 fully saturated rings. The minimum atomic E-state index is -0.718. The van der Waals surface area contributed by atoms with E-state index in [9.17, 15) is 14.0 Å². The number of aromatic nitrogens is 4. The van der Waals surface area contributed by atoms with E-state index in [1.807, 2.05) is 32.0 Å². The molecule has 0 spiro atoms. The second kappa shape index (κ2) is 10.4. The molecule has 0 bridgehead atoms. The van der Waals surface area contributed by atoms with E-state index in [4.69, 9.17) is 10.5 Å². The van der Waals surface area contributed by atoms with Crippen molar-refractivity contribution in [3.05, 3.63) is 109 Å². The highest BCUT2D eigenvalue weighted by molar-refractivity contribution is 5.47. The molecule has 2 heterocycles. The van der Waals surface area contributed by atoms with Crippen LogP contribution in [0.2, 0.25) is 0 Å². The Morgan fingerprint density at radius 1 is 0.944 bits per heavy atom. The molecule has 0 aliphatic heterocycles. The van der Waals surface area contributed by atoms with Crippen LogP contribution >= 0.6 is 0 Å². The smallest absolute Gasteiger partial charge is 0.355 e. The van der Waals surface area contributed by atoms with Crippen LogP contribution in [0.3, 0.4) is 0 Å². The van der Waals surface area contributed by atoms with Gasteiger partial charge in [-0.3, -0.25) is 4.57 Å². The number of hydrogen-bond donors (Lipinski definition) is 2. The van der Waals surface area contributed by atoms with Gasteiger partial charge in [0.15, 0.2) is 0 Å². The molecular formula is C26H27FN6O3. The molecule has 4 rings (SSSR count). The summed E-state index contributed by atoms with van der Waals surface area (Å²) in [7, 11) is 1.57. The number of rotatable bonds is 8. The number of anilines is 2. The number of aryl methyl sites for hydroxylation is 2. The van der Waals surface area contributed by atoms with E-state index < -0.39 is 17.2 Å². The van der Waals surface area contributed by atoms with E-state index in [-0.39, 0.29) is 25.6 Å². The zero-order valence-corrected chi connectivity index (χ0v) is 20.3. The van der Waals surface area contributed by atoms with E-state index in [2.05, 4.69) is 15.3 Å². The quantitative estimate of drug-likeness (QED) is 0.390. The van der Waals surface area contributed by atoms with Crippen molar-refractivity contribution in [2.45, 2.75) is 33.5 Å². The van der Waals surface area contributed by atoms with Gasteiger partial charge in [-0.2, -0.15) is 4.98 Å². The summed E-state index contributed by atoms with van der Waals surface area (Å²) in [6.45, 7) is 4.11. The number of methoxy groups -OCH3 is 1. The third-order valence-electron chi connectivity index (χ3n) is 5.83. The van der Waals surface area contributed by atoms with Gasteiger partial charge >= 0.3 is 11.4 Å². The predicted octanol–water partition coefficient (Wildman–Crippen LogP) is 2.86. The predicted molar refractivity (Wildman–Crippen MR) is 136 cm³/mol. The van der Waals surface area contributed by atoms with Crippen molar-refractivity contribution in [1.82, 2.24) is 19.1 Å². The van der Waals surface area contributed by atoms with Crippen LogP contribution < -0.4 is 27.2 Å². The Morgan fingerprint density at radius 2 is 1.56 bits per heavy atom. The van der Waals surface area contributed by atoms with Crippen molar-refractivity contribution in [1.29, 1.82) is 0 Å². The molecule has 0 unspecified atom stereocenters. The van der Waals surface area contributed by atoms with E-state index in [1.165, 1.54) is 28.8 Å². The van der Waals surface area contributed by atoms with Crippen LogP contribution in [0, 0.1) is 19.7 Å². The normalized spacial score (nSPS) is 10.9. The number of nitrogens with one attached hydrogen (secondary N) is 1. The summed E-state index contributed by atoms with van der Waals surface area (Å²) in [5.74, 6) is 0.756. The minimum Gasteiger partial charge on any atom is -0.497 e. The van der Waals surface area contributed by atoms with Gasteiger partial charge in [-0.05, 0) is 60.9 Å². The molecule has 3 N–H and O–H groups in total. The Labute approximate surface area is 207 Å². The van der Waals surface area contributed by atoms with Gasteiger partial charge in [-0.25, -0.2) is 23.5 Å². The number of hydrogen-bond acceptors (Lipinski definition) is 7. The summed E-state index contributed by atoms with van der Waals surface area (Å²) in [6, 6.07) is 14.8. The first-order valence-electron chi connectivity index (χ1n) is 11.3. The first-order chi connectivity index (χ1) is 17.2. The highest BCUT2D eigenvalue weighted by atomic mass is 19.1. The van der Waals surface area contributed by atoms with Gasteiger partial charge < -0.3 is 15.8 Å². The van der Waals surface area contributed by atoms with E-state index in [0.717, 1.165) is 27.0 Å². The molecule has 0 aliphatic carbocycles. The average Bonchev–Trinajstić information content (AvgIpc) is 2.85. The molecule has 4 aromatic rings. The number of pyridine rings is 1. The molecule has 9 nitrogen and oxygen atoms in total. The SMILES string of the molecule is COc1ccc(Cn2c(NCc3c(C)cc(C)nc3N)nc(=O)n(Cc3ccc(F)cc3)c2=O)cc1. The molecule has 0 saturated heterocycles. The van der Waals surface area contributed by atoms with Gasteiger partial charge in [0.1, 0.15) is 17.4 Å². The van der Waals surface area contributed by atoms with Crippen LogP contribution in [0.1, 0.15) is 27.9 Å². The molecule has 0 atom stereocenters. The first-order valence-corrected chi connectivity index (χ1v) is 11.3. The third kappa shape index (κ3) is 5.43. The Morgan fingerprint density at radius 3 is 2.17 bits per heavy atom. The number of nitrogen functional groups attached to an aromatic ring is 1. The van der Waals surface area contributed by atoms with Crippen molar-refractivity contribution in [3.63, 3.8) is 0 Å². The largest absolute Gasteiger partial charge is 0.497 e. The maximum absolute atomic E-state index is 13.5. The lowest BCUT2D eigenvalue weighted by Gasteiger charge is -2.17. The van der Waals surface area contributed by atoms with Crippen LogP contribution in [-0.4, -0.2) is 26.2 Å². The lowest BCUT2D eigenvalue weighted by atomic mass is 10.1. The van der Waals surface area contributed by atoms with Gasteiger partial charge in [0, 0.05) is 17.8 Å². The Hall–Kier alpha value is -4.47. The van der Waals surface area contributed by atoms with Gasteiger partial charge in [0.2, 0.25) is 5.95 Å². The number of nitrogens with zero attached hydrogens (tertiary/aromatic N) is 4. The van der Waals surface area contributed by atoms with Crippen LogP contribution in [0.4, 0.5) is 16.2 Å². The summed E-state index contributed by atoms with van der Waals surface area (Å²) in [6.07, 6.45) is 0. The monoisotopic (exact) mass is 490 g/mol. The van der Waals surface area contributed by atoms with Crippen molar-refractivity contribution in [3.8, 4) is 5.75 Å². The van der Waals surface area contributed by atoms with Gasteiger partial charge in [-0.1, -0.05) is 24.3 Å². The number of benzene rings is 2. The topological polar surface area (TPSA) is 117 Å². The lowest BCUT2D eigenvalue weighted by molar-refractivity contribution is 0.414. The summed E-state index contributed by atoms with van der Waals surface area (Å²) in [4.78, 5) is 34.9. The third-order valence-corrected chi connectivity index (χ3v) is 5.83. The molecule has 0 amide bonds. The molecular weight excluding hydrogens is 463 g/mol. The zero-order valence-electron chi connectivity index (χ0n) is 20.3. The second-order valence-electron chi connectivity index (χ2n) is 8.45. The fourth-order valence-corrected chi connectivity index (χ4v) is 3.92. The first kappa shape index (κ1) is 24.6. The van der Waals surface area contributed by atoms with Crippen molar-refractivity contribution >= 4 is 11.8 Å². The molecule has 10 heteroatoms. The van der Waals surface area contributed by atoms with Crippen LogP contribution in [0.5, 0.6) is 5.75 Å². The van der Waals surface area contributed by atoms with Gasteiger partial charge in [0.05, 0.1) is 20.2 Å². The molecule has 36 heavy (non-hydrogen) atoms. The van der Waals surface area contributed by atoms with Crippen LogP contribution in [0.25, 0.3) is 0 Å².